The summed E-state index contributed by atoms with van der Waals surface area (Å²) in [5.41, 5.74) is -0.324. The summed E-state index contributed by atoms with van der Waals surface area (Å²) in [6.07, 6.45) is 19.1. The van der Waals surface area contributed by atoms with Crippen molar-refractivity contribution in [1.82, 2.24) is 5.32 Å². The smallest absolute Gasteiger partial charge is 0.225 e. The standard InChI is InChI=1S/C23H43NO.C4H10O/c1-8-9-10-11-12-13-14-15-17-22(4,5)19-23(6,7)21(25)24-18-16-20(2)3;1-2-3-4-5/h12-13,15,17,20H,8-11,14,16,18-19H2,1-7H3,(H,24,25);5H,2-4H2,1H3/b13-12-,17-15-;. The molecule has 1 amide bonds. The molecule has 0 bridgehead atoms. The Kier molecular flexibility index (Phi) is 19.3. The molecule has 3 nitrogen and oxygen atoms in total. The number of carbonyl (C=O) groups is 1. The topological polar surface area (TPSA) is 49.3 Å². The number of nitrogens with one attached hydrogen (secondary N) is 1. The first-order chi connectivity index (χ1) is 14.0. The number of amides is 1. The maximum atomic E-state index is 12.5. The van der Waals surface area contributed by atoms with Crippen molar-refractivity contribution in [3.05, 3.63) is 24.3 Å². The molecule has 178 valence electrons. The highest BCUT2D eigenvalue weighted by atomic mass is 16.2. The molecule has 0 aromatic carbocycles. The zero-order valence-corrected chi connectivity index (χ0v) is 21.5. The Bertz CT molecular complexity index is 459. The third kappa shape index (κ3) is 20.2. The third-order valence-electron chi connectivity index (χ3n) is 5.01. The highest BCUT2D eigenvalue weighted by Gasteiger charge is 2.33. The highest BCUT2D eigenvalue weighted by molar-refractivity contribution is 5.81. The molecule has 30 heavy (non-hydrogen) atoms. The molecule has 0 aromatic heterocycles. The molecule has 0 saturated heterocycles. The highest BCUT2D eigenvalue weighted by Crippen LogP contribution is 2.35. The lowest BCUT2D eigenvalue weighted by Crippen LogP contribution is -2.40. The Morgan fingerprint density at radius 3 is 2.10 bits per heavy atom. The third-order valence-corrected chi connectivity index (χ3v) is 5.01. The van der Waals surface area contributed by atoms with Crippen molar-refractivity contribution in [3.63, 3.8) is 0 Å². The van der Waals surface area contributed by atoms with E-state index in [1.165, 1.54) is 25.7 Å². The van der Waals surface area contributed by atoms with E-state index in [-0.39, 0.29) is 16.7 Å². The van der Waals surface area contributed by atoms with Gasteiger partial charge in [-0.1, -0.05) is 99.0 Å². The van der Waals surface area contributed by atoms with Crippen molar-refractivity contribution in [3.8, 4) is 0 Å². The SMILES string of the molecule is CCCCC/C=C\C/C=C\C(C)(C)CC(C)(C)C(=O)NCCC(C)C.CCCCO. The van der Waals surface area contributed by atoms with Gasteiger partial charge in [0.05, 0.1) is 0 Å². The van der Waals surface area contributed by atoms with Gasteiger partial charge >= 0.3 is 0 Å². The van der Waals surface area contributed by atoms with Crippen molar-refractivity contribution in [1.29, 1.82) is 0 Å². The molecule has 0 atom stereocenters. The van der Waals surface area contributed by atoms with Crippen molar-refractivity contribution in [2.45, 2.75) is 113 Å². The molecule has 2 N–H and O–H groups in total. The molecule has 0 aliphatic carbocycles. The van der Waals surface area contributed by atoms with Crippen LogP contribution in [-0.4, -0.2) is 24.2 Å². The van der Waals surface area contributed by atoms with Gasteiger partial charge in [0.25, 0.3) is 0 Å². The quantitative estimate of drug-likeness (QED) is 0.212. The van der Waals surface area contributed by atoms with E-state index in [2.05, 4.69) is 85.0 Å². The lowest BCUT2D eigenvalue weighted by atomic mass is 9.74. The van der Waals surface area contributed by atoms with Crippen LogP contribution in [0, 0.1) is 16.7 Å². The van der Waals surface area contributed by atoms with E-state index in [1.54, 1.807) is 0 Å². The summed E-state index contributed by atoms with van der Waals surface area (Å²) in [5, 5.41) is 11.2. The second kappa shape index (κ2) is 18.7. The van der Waals surface area contributed by atoms with Gasteiger partial charge in [-0.15, -0.1) is 0 Å². The number of carbonyl (C=O) groups excluding carboxylic acids is 1. The van der Waals surface area contributed by atoms with Crippen LogP contribution in [0.1, 0.15) is 113 Å². The fourth-order valence-corrected chi connectivity index (χ4v) is 3.34. The lowest BCUT2D eigenvalue weighted by Gasteiger charge is -2.32. The first-order valence-corrected chi connectivity index (χ1v) is 12.2. The van der Waals surface area contributed by atoms with E-state index in [9.17, 15) is 4.79 Å². The maximum absolute atomic E-state index is 12.5. The van der Waals surface area contributed by atoms with Gasteiger partial charge in [0.1, 0.15) is 0 Å². The number of rotatable bonds is 15. The first-order valence-electron chi connectivity index (χ1n) is 12.2. The first kappa shape index (κ1) is 31.1. The molecule has 0 unspecified atom stereocenters. The van der Waals surface area contributed by atoms with Crippen LogP contribution in [0.3, 0.4) is 0 Å². The molecular weight excluding hydrogens is 370 g/mol. The van der Waals surface area contributed by atoms with Crippen LogP contribution in [0.4, 0.5) is 0 Å². The predicted octanol–water partition coefficient (Wildman–Crippen LogP) is 7.45. The van der Waals surface area contributed by atoms with Gasteiger partial charge in [0, 0.05) is 18.6 Å². The fourth-order valence-electron chi connectivity index (χ4n) is 3.34. The van der Waals surface area contributed by atoms with Crippen LogP contribution < -0.4 is 5.32 Å². The summed E-state index contributed by atoms with van der Waals surface area (Å²) in [5.74, 6) is 0.795. The minimum Gasteiger partial charge on any atom is -0.396 e. The fraction of sp³-hybridized carbons (Fsp3) is 0.815. The van der Waals surface area contributed by atoms with Crippen LogP contribution in [0.2, 0.25) is 0 Å². The van der Waals surface area contributed by atoms with Crippen LogP contribution in [0.15, 0.2) is 24.3 Å². The second-order valence-corrected chi connectivity index (χ2v) is 10.2. The van der Waals surface area contributed by atoms with Gasteiger partial charge in [0.15, 0.2) is 0 Å². The summed E-state index contributed by atoms with van der Waals surface area (Å²) in [4.78, 5) is 12.5. The molecule has 0 heterocycles. The summed E-state index contributed by atoms with van der Waals surface area (Å²) in [7, 11) is 0. The lowest BCUT2D eigenvalue weighted by molar-refractivity contribution is -0.130. The Labute approximate surface area is 188 Å². The Hall–Kier alpha value is -1.09. The molecule has 0 aromatic rings. The second-order valence-electron chi connectivity index (χ2n) is 10.2. The minimum atomic E-state index is -0.346. The number of unbranched alkanes of at least 4 members (excludes halogenated alkanes) is 4. The van der Waals surface area contributed by atoms with E-state index in [0.717, 1.165) is 38.6 Å². The van der Waals surface area contributed by atoms with Crippen molar-refractivity contribution < 1.29 is 9.90 Å². The van der Waals surface area contributed by atoms with Crippen LogP contribution in [0.25, 0.3) is 0 Å². The number of aliphatic hydroxyl groups excluding tert-OH is 1. The van der Waals surface area contributed by atoms with Crippen molar-refractivity contribution in [2.24, 2.45) is 16.7 Å². The monoisotopic (exact) mass is 423 g/mol. The zero-order chi connectivity index (χ0) is 23.5. The molecule has 0 aliphatic rings. The molecule has 3 heteroatoms. The van der Waals surface area contributed by atoms with E-state index < -0.39 is 0 Å². The Morgan fingerprint density at radius 1 is 0.967 bits per heavy atom. The van der Waals surface area contributed by atoms with Gasteiger partial charge in [-0.2, -0.15) is 0 Å². The van der Waals surface area contributed by atoms with Crippen molar-refractivity contribution in [2.75, 3.05) is 13.2 Å². The summed E-state index contributed by atoms with van der Waals surface area (Å²) >= 11 is 0. The molecular formula is C27H53NO2. The van der Waals surface area contributed by atoms with E-state index >= 15 is 0 Å². The zero-order valence-electron chi connectivity index (χ0n) is 21.5. The largest absolute Gasteiger partial charge is 0.396 e. The minimum absolute atomic E-state index is 0.0228. The number of hydrogen-bond acceptors (Lipinski definition) is 2. The molecule has 0 saturated carbocycles. The molecule has 0 fully saturated rings. The van der Waals surface area contributed by atoms with Crippen LogP contribution in [-0.2, 0) is 4.79 Å². The van der Waals surface area contributed by atoms with Gasteiger partial charge in [-0.25, -0.2) is 0 Å². The molecule has 0 rings (SSSR count). The predicted molar refractivity (Wildman–Crippen MR) is 134 cm³/mol. The van der Waals surface area contributed by atoms with Gasteiger partial charge in [-0.3, -0.25) is 4.79 Å². The molecule has 0 spiro atoms. The average molecular weight is 424 g/mol. The summed E-state index contributed by atoms with van der Waals surface area (Å²) in [6, 6.07) is 0. The Morgan fingerprint density at radius 2 is 1.60 bits per heavy atom. The number of aliphatic hydroxyl groups is 1. The Balaban J connectivity index is 0. The molecule has 0 aliphatic heterocycles. The number of allylic oxidation sites excluding steroid dienone is 4. The van der Waals surface area contributed by atoms with Gasteiger partial charge in [-0.05, 0) is 49.9 Å². The summed E-state index contributed by atoms with van der Waals surface area (Å²) in [6.45, 7) is 18.3. The number of hydrogen-bond donors (Lipinski definition) is 2. The van der Waals surface area contributed by atoms with Crippen LogP contribution >= 0.6 is 0 Å². The average Bonchev–Trinajstić information content (AvgIpc) is 2.63. The van der Waals surface area contributed by atoms with Gasteiger partial charge < -0.3 is 10.4 Å². The molecule has 0 radical (unpaired) electrons. The normalized spacial score (nSPS) is 12.5. The van der Waals surface area contributed by atoms with Crippen LogP contribution in [0.5, 0.6) is 0 Å². The van der Waals surface area contributed by atoms with E-state index in [1.807, 2.05) is 0 Å². The maximum Gasteiger partial charge on any atom is 0.225 e. The van der Waals surface area contributed by atoms with E-state index in [0.29, 0.717) is 12.5 Å². The van der Waals surface area contributed by atoms with Crippen molar-refractivity contribution >= 4 is 5.91 Å². The van der Waals surface area contributed by atoms with Gasteiger partial charge in [0.2, 0.25) is 5.91 Å². The van der Waals surface area contributed by atoms with E-state index in [4.69, 9.17) is 5.11 Å². The summed E-state index contributed by atoms with van der Waals surface area (Å²) < 4.78 is 0.